The lowest BCUT2D eigenvalue weighted by molar-refractivity contribution is -0.113. The van der Waals surface area contributed by atoms with Gasteiger partial charge in [0.1, 0.15) is 5.75 Å². The SMILES string of the molecule is C=CC(=O)N(c1ccc(S(=O)(=O)Cc2ccc(C)cc2)cc1)c1nc(-c2ccc(OC)cc2)cs1. The van der Waals surface area contributed by atoms with Crippen molar-refractivity contribution < 1.29 is 17.9 Å². The van der Waals surface area contributed by atoms with E-state index in [2.05, 4.69) is 11.6 Å². The quantitative estimate of drug-likeness (QED) is 0.277. The highest BCUT2D eigenvalue weighted by atomic mass is 32.2. The number of hydrogen-bond donors (Lipinski definition) is 0. The van der Waals surface area contributed by atoms with Crippen molar-refractivity contribution in [3.63, 3.8) is 0 Å². The zero-order valence-corrected chi connectivity index (χ0v) is 21.0. The summed E-state index contributed by atoms with van der Waals surface area (Å²) in [6.45, 7) is 5.56. The molecule has 6 nitrogen and oxygen atoms in total. The van der Waals surface area contributed by atoms with E-state index >= 15 is 0 Å². The fraction of sp³-hybridized carbons (Fsp3) is 0.111. The van der Waals surface area contributed by atoms with E-state index in [9.17, 15) is 13.2 Å². The summed E-state index contributed by atoms with van der Waals surface area (Å²) in [6, 6.07) is 21.1. The van der Waals surface area contributed by atoms with Gasteiger partial charge in [0.25, 0.3) is 5.91 Å². The summed E-state index contributed by atoms with van der Waals surface area (Å²) in [4.78, 5) is 19.0. The summed E-state index contributed by atoms with van der Waals surface area (Å²) >= 11 is 1.31. The summed E-state index contributed by atoms with van der Waals surface area (Å²) in [6.07, 6.45) is 1.20. The number of carbonyl (C=O) groups excluding carboxylic acids is 1. The number of thiazole rings is 1. The third kappa shape index (κ3) is 5.50. The van der Waals surface area contributed by atoms with Gasteiger partial charge in [-0.15, -0.1) is 11.3 Å². The molecule has 0 spiro atoms. The molecule has 0 aliphatic rings. The van der Waals surface area contributed by atoms with Crippen molar-refractivity contribution in [1.29, 1.82) is 0 Å². The molecule has 0 N–H and O–H groups in total. The number of carbonyl (C=O) groups is 1. The van der Waals surface area contributed by atoms with Gasteiger partial charge < -0.3 is 4.74 Å². The molecular weight excluding hydrogens is 480 g/mol. The highest BCUT2D eigenvalue weighted by Crippen LogP contribution is 2.33. The first-order valence-corrected chi connectivity index (χ1v) is 13.3. The van der Waals surface area contributed by atoms with Crippen molar-refractivity contribution >= 4 is 37.9 Å². The second kappa shape index (κ2) is 10.2. The van der Waals surface area contributed by atoms with E-state index in [4.69, 9.17) is 4.74 Å². The zero-order valence-electron chi connectivity index (χ0n) is 19.3. The van der Waals surface area contributed by atoms with Crippen LogP contribution in [0.3, 0.4) is 0 Å². The molecule has 0 aliphatic carbocycles. The Labute approximate surface area is 209 Å². The number of aryl methyl sites for hydroxylation is 1. The summed E-state index contributed by atoms with van der Waals surface area (Å²) < 4.78 is 31.0. The number of methoxy groups -OCH3 is 1. The maximum absolute atomic E-state index is 12.9. The minimum absolute atomic E-state index is 0.0976. The zero-order chi connectivity index (χ0) is 25.0. The Hall–Kier alpha value is -3.75. The van der Waals surface area contributed by atoms with Crippen LogP contribution < -0.4 is 9.64 Å². The van der Waals surface area contributed by atoms with Crippen molar-refractivity contribution in [3.05, 3.63) is 102 Å². The molecular formula is C27H24N2O4S2. The smallest absolute Gasteiger partial charge is 0.256 e. The van der Waals surface area contributed by atoms with E-state index in [-0.39, 0.29) is 16.6 Å². The monoisotopic (exact) mass is 504 g/mol. The number of amides is 1. The molecule has 0 saturated carbocycles. The van der Waals surface area contributed by atoms with E-state index < -0.39 is 9.84 Å². The summed E-state index contributed by atoms with van der Waals surface area (Å²) in [5.41, 5.74) is 3.89. The average molecular weight is 505 g/mol. The van der Waals surface area contributed by atoms with Gasteiger partial charge in [0.05, 0.1) is 29.1 Å². The summed E-state index contributed by atoms with van der Waals surface area (Å²) in [7, 11) is -1.94. The maximum Gasteiger partial charge on any atom is 0.256 e. The Morgan fingerprint density at radius 2 is 1.69 bits per heavy atom. The molecule has 3 aromatic carbocycles. The molecule has 0 radical (unpaired) electrons. The van der Waals surface area contributed by atoms with Crippen molar-refractivity contribution in [2.75, 3.05) is 12.0 Å². The Balaban J connectivity index is 1.61. The van der Waals surface area contributed by atoms with E-state index in [1.54, 1.807) is 19.2 Å². The minimum atomic E-state index is -3.54. The van der Waals surface area contributed by atoms with Crippen LogP contribution in [0, 0.1) is 6.92 Å². The van der Waals surface area contributed by atoms with Gasteiger partial charge in [-0.05, 0) is 67.1 Å². The third-order valence-electron chi connectivity index (χ3n) is 5.40. The van der Waals surface area contributed by atoms with E-state index in [0.29, 0.717) is 16.5 Å². The van der Waals surface area contributed by atoms with Gasteiger partial charge >= 0.3 is 0 Å². The van der Waals surface area contributed by atoms with Gasteiger partial charge in [-0.1, -0.05) is 36.4 Å². The molecule has 0 fully saturated rings. The predicted molar refractivity (Wildman–Crippen MR) is 140 cm³/mol. The molecule has 8 heteroatoms. The number of hydrogen-bond acceptors (Lipinski definition) is 6. The van der Waals surface area contributed by atoms with Crippen molar-refractivity contribution in [2.45, 2.75) is 17.6 Å². The van der Waals surface area contributed by atoms with Crippen LogP contribution in [0.1, 0.15) is 11.1 Å². The Kier molecular flexibility index (Phi) is 7.14. The third-order valence-corrected chi connectivity index (χ3v) is 7.93. The topological polar surface area (TPSA) is 76.6 Å². The fourth-order valence-electron chi connectivity index (χ4n) is 3.47. The highest BCUT2D eigenvalue weighted by Gasteiger charge is 2.21. The molecule has 4 aromatic rings. The number of nitrogens with zero attached hydrogens (tertiary/aromatic N) is 2. The molecule has 178 valence electrons. The summed E-state index contributed by atoms with van der Waals surface area (Å²) in [5.74, 6) is 0.278. The van der Waals surface area contributed by atoms with Crippen molar-refractivity contribution in [2.24, 2.45) is 0 Å². The lowest BCUT2D eigenvalue weighted by Gasteiger charge is -2.18. The standard InChI is InChI=1S/C27H24N2O4S2/c1-4-26(30)29(27-28-25(17-34-27)21-9-13-23(33-3)14-10-21)22-11-15-24(16-12-22)35(31,32)18-20-7-5-19(2)6-8-20/h4-17H,1,18H2,2-3H3. The molecule has 1 amide bonds. The molecule has 1 heterocycles. The number of anilines is 2. The number of sulfone groups is 1. The normalized spacial score (nSPS) is 11.1. The van der Waals surface area contributed by atoms with E-state index in [1.165, 1.54) is 34.4 Å². The second-order valence-corrected chi connectivity index (χ2v) is 10.7. The molecule has 35 heavy (non-hydrogen) atoms. The molecule has 4 rings (SSSR count). The predicted octanol–water partition coefficient (Wildman–Crippen LogP) is 5.95. The van der Waals surface area contributed by atoms with Crippen LogP contribution in [-0.4, -0.2) is 26.4 Å². The number of rotatable bonds is 8. The molecule has 0 saturated heterocycles. The van der Waals surface area contributed by atoms with Gasteiger partial charge in [-0.3, -0.25) is 9.69 Å². The second-order valence-electron chi connectivity index (χ2n) is 7.86. The highest BCUT2D eigenvalue weighted by molar-refractivity contribution is 7.90. The van der Waals surface area contributed by atoms with Crippen molar-refractivity contribution in [3.8, 4) is 17.0 Å². The average Bonchev–Trinajstić information content (AvgIpc) is 3.35. The van der Waals surface area contributed by atoms with Crippen LogP contribution in [0.2, 0.25) is 0 Å². The number of aromatic nitrogens is 1. The molecule has 0 unspecified atom stereocenters. The Morgan fingerprint density at radius 1 is 1.03 bits per heavy atom. The van der Waals surface area contributed by atoms with Crippen LogP contribution in [0.25, 0.3) is 11.3 Å². The first kappa shape index (κ1) is 24.4. The summed E-state index contributed by atoms with van der Waals surface area (Å²) in [5, 5.41) is 2.32. The molecule has 0 bridgehead atoms. The first-order chi connectivity index (χ1) is 16.8. The Bertz CT molecular complexity index is 1440. The van der Waals surface area contributed by atoms with Gasteiger partial charge in [0, 0.05) is 10.9 Å². The number of benzene rings is 3. The Morgan fingerprint density at radius 3 is 2.29 bits per heavy atom. The minimum Gasteiger partial charge on any atom is -0.497 e. The van der Waals surface area contributed by atoms with Crippen LogP contribution in [0.4, 0.5) is 10.8 Å². The molecule has 0 atom stereocenters. The van der Waals surface area contributed by atoms with Gasteiger partial charge in [0.15, 0.2) is 15.0 Å². The van der Waals surface area contributed by atoms with Gasteiger partial charge in [-0.25, -0.2) is 13.4 Å². The largest absolute Gasteiger partial charge is 0.497 e. The van der Waals surface area contributed by atoms with Gasteiger partial charge in [-0.2, -0.15) is 0 Å². The lowest BCUT2D eigenvalue weighted by Crippen LogP contribution is -2.23. The van der Waals surface area contributed by atoms with E-state index in [1.807, 2.05) is 60.8 Å². The number of ether oxygens (including phenoxy) is 1. The molecule has 1 aromatic heterocycles. The van der Waals surface area contributed by atoms with Crippen LogP contribution in [0.15, 0.2) is 95.7 Å². The lowest BCUT2D eigenvalue weighted by atomic mass is 10.2. The van der Waals surface area contributed by atoms with E-state index in [0.717, 1.165) is 22.4 Å². The van der Waals surface area contributed by atoms with Crippen molar-refractivity contribution in [1.82, 2.24) is 4.98 Å². The van der Waals surface area contributed by atoms with Crippen LogP contribution in [-0.2, 0) is 20.4 Å². The fourth-order valence-corrected chi connectivity index (χ4v) is 5.68. The maximum atomic E-state index is 12.9. The van der Waals surface area contributed by atoms with Crippen LogP contribution in [0.5, 0.6) is 5.75 Å². The van der Waals surface area contributed by atoms with Gasteiger partial charge in [0.2, 0.25) is 0 Å². The molecule has 0 aliphatic heterocycles. The first-order valence-electron chi connectivity index (χ1n) is 10.8. The van der Waals surface area contributed by atoms with Crippen LogP contribution >= 0.6 is 11.3 Å².